The summed E-state index contributed by atoms with van der Waals surface area (Å²) in [6.07, 6.45) is 1.42. The van der Waals surface area contributed by atoms with Crippen molar-refractivity contribution < 1.29 is 19.4 Å². The van der Waals surface area contributed by atoms with Gasteiger partial charge in [0, 0.05) is 24.8 Å². The fourth-order valence-corrected chi connectivity index (χ4v) is 3.81. The minimum Gasteiger partial charge on any atom is -0.481 e. The molecule has 0 saturated heterocycles. The third kappa shape index (κ3) is 4.45. The Hall–Kier alpha value is -2.47. The number of thioether (sulfide) groups is 1. The van der Waals surface area contributed by atoms with Gasteiger partial charge in [-0.15, -0.1) is 0 Å². The van der Waals surface area contributed by atoms with Crippen LogP contribution in [-0.2, 0) is 9.53 Å². The number of rotatable bonds is 8. The fraction of sp³-hybridized carbons (Fsp3) is 0.333. The number of fused-ring (bicyclic) bond motifs is 3. The van der Waals surface area contributed by atoms with Crippen molar-refractivity contribution in [3.8, 4) is 11.1 Å². The van der Waals surface area contributed by atoms with Crippen LogP contribution in [0.4, 0.5) is 4.79 Å². The van der Waals surface area contributed by atoms with Crippen molar-refractivity contribution >= 4 is 23.8 Å². The minimum absolute atomic E-state index is 0.00299. The molecule has 0 aromatic heterocycles. The SMILES string of the molecule is CSCCN(CCC(=O)O)C(=O)OCC1c2ccccc2-c2ccccc21. The number of hydrogen-bond acceptors (Lipinski definition) is 4. The zero-order valence-electron chi connectivity index (χ0n) is 15.3. The van der Waals surface area contributed by atoms with E-state index >= 15 is 0 Å². The van der Waals surface area contributed by atoms with E-state index in [2.05, 4.69) is 24.3 Å². The monoisotopic (exact) mass is 385 g/mol. The number of ether oxygens (including phenoxy) is 1. The average Bonchev–Trinajstić information content (AvgIpc) is 3.00. The van der Waals surface area contributed by atoms with E-state index in [1.54, 1.807) is 11.8 Å². The number of aliphatic carboxylic acids is 1. The normalized spacial score (nSPS) is 12.3. The number of benzene rings is 2. The number of carboxylic acid groups (broad SMARTS) is 1. The van der Waals surface area contributed by atoms with Crippen LogP contribution in [0.1, 0.15) is 23.5 Å². The van der Waals surface area contributed by atoms with Gasteiger partial charge in [0.15, 0.2) is 0 Å². The van der Waals surface area contributed by atoms with Gasteiger partial charge in [-0.25, -0.2) is 4.79 Å². The van der Waals surface area contributed by atoms with Crippen LogP contribution in [0.5, 0.6) is 0 Å². The molecule has 27 heavy (non-hydrogen) atoms. The van der Waals surface area contributed by atoms with Crippen molar-refractivity contribution in [1.29, 1.82) is 0 Å². The highest BCUT2D eigenvalue weighted by molar-refractivity contribution is 7.98. The van der Waals surface area contributed by atoms with Crippen LogP contribution < -0.4 is 0 Å². The first-order chi connectivity index (χ1) is 13.1. The van der Waals surface area contributed by atoms with E-state index in [9.17, 15) is 9.59 Å². The van der Waals surface area contributed by atoms with Gasteiger partial charge < -0.3 is 14.7 Å². The van der Waals surface area contributed by atoms with Crippen LogP contribution in [-0.4, -0.2) is 53.8 Å². The van der Waals surface area contributed by atoms with Gasteiger partial charge in [0.2, 0.25) is 0 Å². The van der Waals surface area contributed by atoms with Crippen LogP contribution in [0.15, 0.2) is 48.5 Å². The summed E-state index contributed by atoms with van der Waals surface area (Å²) in [5.41, 5.74) is 4.68. The molecular formula is C21H23NO4S. The van der Waals surface area contributed by atoms with Gasteiger partial charge in [-0.2, -0.15) is 11.8 Å². The highest BCUT2D eigenvalue weighted by Gasteiger charge is 2.29. The molecule has 0 atom stereocenters. The van der Waals surface area contributed by atoms with Gasteiger partial charge in [0.25, 0.3) is 0 Å². The summed E-state index contributed by atoms with van der Waals surface area (Å²) in [6.45, 7) is 0.882. The van der Waals surface area contributed by atoms with E-state index < -0.39 is 12.1 Å². The Kier molecular flexibility index (Phi) is 6.40. The lowest BCUT2D eigenvalue weighted by molar-refractivity contribution is -0.137. The molecule has 1 amide bonds. The summed E-state index contributed by atoms with van der Waals surface area (Å²) in [5.74, 6) is -0.178. The molecule has 0 spiro atoms. The Morgan fingerprint density at radius 2 is 1.63 bits per heavy atom. The Morgan fingerprint density at radius 1 is 1.04 bits per heavy atom. The van der Waals surface area contributed by atoms with Gasteiger partial charge >= 0.3 is 12.1 Å². The lowest BCUT2D eigenvalue weighted by atomic mass is 9.98. The van der Waals surface area contributed by atoms with Crippen molar-refractivity contribution in [2.75, 3.05) is 31.7 Å². The highest BCUT2D eigenvalue weighted by Crippen LogP contribution is 2.44. The summed E-state index contributed by atoms with van der Waals surface area (Å²) >= 11 is 1.61. The Bertz CT molecular complexity index is 778. The molecular weight excluding hydrogens is 362 g/mol. The number of nitrogens with zero attached hydrogens (tertiary/aromatic N) is 1. The lowest BCUT2D eigenvalue weighted by Gasteiger charge is -2.22. The summed E-state index contributed by atoms with van der Waals surface area (Å²) in [5, 5.41) is 8.91. The first-order valence-electron chi connectivity index (χ1n) is 8.92. The Labute approximate surface area is 163 Å². The van der Waals surface area contributed by atoms with Crippen LogP contribution >= 0.6 is 11.8 Å². The molecule has 1 aliphatic carbocycles. The summed E-state index contributed by atoms with van der Waals surface area (Å²) < 4.78 is 5.62. The van der Waals surface area contributed by atoms with Crippen LogP contribution in [0.25, 0.3) is 11.1 Å². The molecule has 0 bridgehead atoms. The smallest absolute Gasteiger partial charge is 0.409 e. The third-order valence-corrected chi connectivity index (χ3v) is 5.35. The molecule has 0 heterocycles. The predicted octanol–water partition coefficient (Wildman–Crippen LogP) is 4.08. The summed E-state index contributed by atoms with van der Waals surface area (Å²) in [4.78, 5) is 24.9. The van der Waals surface area contributed by atoms with E-state index in [4.69, 9.17) is 9.84 Å². The molecule has 0 unspecified atom stereocenters. The van der Waals surface area contributed by atoms with E-state index in [0.29, 0.717) is 6.54 Å². The largest absolute Gasteiger partial charge is 0.481 e. The first kappa shape index (κ1) is 19.3. The molecule has 3 rings (SSSR count). The van der Waals surface area contributed by atoms with Gasteiger partial charge in [0.05, 0.1) is 6.42 Å². The van der Waals surface area contributed by atoms with Gasteiger partial charge in [-0.1, -0.05) is 48.5 Å². The Balaban J connectivity index is 1.71. The number of carbonyl (C=O) groups excluding carboxylic acids is 1. The number of amides is 1. The third-order valence-electron chi connectivity index (χ3n) is 4.76. The maximum absolute atomic E-state index is 12.5. The van der Waals surface area contributed by atoms with Crippen LogP contribution in [0.3, 0.4) is 0 Å². The second-order valence-electron chi connectivity index (χ2n) is 6.43. The van der Waals surface area contributed by atoms with Crippen molar-refractivity contribution in [2.24, 2.45) is 0 Å². The van der Waals surface area contributed by atoms with Crippen LogP contribution in [0.2, 0.25) is 0 Å². The topological polar surface area (TPSA) is 66.8 Å². The molecule has 0 fully saturated rings. The fourth-order valence-electron chi connectivity index (χ4n) is 3.41. The zero-order chi connectivity index (χ0) is 19.2. The molecule has 2 aromatic carbocycles. The maximum atomic E-state index is 12.5. The van der Waals surface area contributed by atoms with Crippen molar-refractivity contribution in [3.05, 3.63) is 59.7 Å². The molecule has 1 aliphatic rings. The molecule has 0 radical (unpaired) electrons. The quantitative estimate of drug-likeness (QED) is 0.742. The van der Waals surface area contributed by atoms with Gasteiger partial charge in [-0.3, -0.25) is 4.79 Å². The second kappa shape index (κ2) is 8.95. The van der Waals surface area contributed by atoms with E-state index in [1.807, 2.05) is 30.5 Å². The molecule has 1 N–H and O–H groups in total. The minimum atomic E-state index is -0.921. The highest BCUT2D eigenvalue weighted by atomic mass is 32.2. The van der Waals surface area contributed by atoms with Crippen molar-refractivity contribution in [3.63, 3.8) is 0 Å². The van der Waals surface area contributed by atoms with E-state index in [1.165, 1.54) is 16.0 Å². The Morgan fingerprint density at radius 3 is 2.19 bits per heavy atom. The average molecular weight is 385 g/mol. The second-order valence-corrected chi connectivity index (χ2v) is 7.41. The molecule has 142 valence electrons. The molecule has 2 aromatic rings. The molecule has 0 aliphatic heterocycles. The summed E-state index contributed by atoms with van der Waals surface area (Å²) in [7, 11) is 0. The number of carboxylic acids is 1. The lowest BCUT2D eigenvalue weighted by Crippen LogP contribution is -2.36. The zero-order valence-corrected chi connectivity index (χ0v) is 16.1. The molecule has 5 nitrogen and oxygen atoms in total. The molecule has 6 heteroatoms. The molecule has 0 saturated carbocycles. The van der Waals surface area contributed by atoms with Crippen molar-refractivity contribution in [2.45, 2.75) is 12.3 Å². The summed E-state index contributed by atoms with van der Waals surface area (Å²) in [6, 6.07) is 16.4. The maximum Gasteiger partial charge on any atom is 0.409 e. The van der Waals surface area contributed by atoms with E-state index in [0.717, 1.165) is 16.9 Å². The van der Waals surface area contributed by atoms with Crippen molar-refractivity contribution in [1.82, 2.24) is 4.90 Å². The standard InChI is InChI=1S/C21H23NO4S/c1-27-13-12-22(11-10-20(23)24)21(25)26-14-19-17-8-4-2-6-15(17)16-7-3-5-9-18(16)19/h2-9,19H,10-14H2,1H3,(H,23,24). The number of hydrogen-bond donors (Lipinski definition) is 1. The van der Waals surface area contributed by atoms with Gasteiger partial charge in [0.1, 0.15) is 6.61 Å². The van der Waals surface area contributed by atoms with Crippen LogP contribution in [0, 0.1) is 0 Å². The van der Waals surface area contributed by atoms with Gasteiger partial charge in [-0.05, 0) is 28.5 Å². The number of carbonyl (C=O) groups is 2. The predicted molar refractivity (Wildman–Crippen MR) is 107 cm³/mol. The van der Waals surface area contributed by atoms with E-state index in [-0.39, 0.29) is 25.5 Å². The first-order valence-corrected chi connectivity index (χ1v) is 10.3.